The van der Waals surface area contributed by atoms with Crippen molar-refractivity contribution in [1.29, 1.82) is 0 Å². The fourth-order valence-corrected chi connectivity index (χ4v) is 1.80. The lowest BCUT2D eigenvalue weighted by atomic mass is 10.2. The Morgan fingerprint density at radius 2 is 2.22 bits per heavy atom. The van der Waals surface area contributed by atoms with Crippen LogP contribution in [-0.4, -0.2) is 41.3 Å². The minimum atomic E-state index is -0.573. The summed E-state index contributed by atoms with van der Waals surface area (Å²) in [5, 5.41) is 2.63. The zero-order chi connectivity index (χ0) is 13.7. The van der Waals surface area contributed by atoms with Crippen molar-refractivity contribution in [3.63, 3.8) is 0 Å². The normalized spacial score (nSPS) is 11.8. The number of carbonyl (C=O) groups is 2. The fraction of sp³-hybridized carbons (Fsp3) is 0.417. The molecule has 0 saturated carbocycles. The number of likely N-dealkylation sites (N-methyl/N-ethyl adjacent to an activating group) is 1. The first-order chi connectivity index (χ1) is 8.47. The average molecular weight is 314 g/mol. The van der Waals surface area contributed by atoms with Gasteiger partial charge in [-0.2, -0.15) is 0 Å². The molecular weight excluding hydrogens is 298 g/mol. The van der Waals surface area contributed by atoms with Crippen LogP contribution in [0.5, 0.6) is 0 Å². The van der Waals surface area contributed by atoms with Crippen molar-refractivity contribution < 1.29 is 9.59 Å². The van der Waals surface area contributed by atoms with Gasteiger partial charge in [0.1, 0.15) is 11.7 Å². The third-order valence-electron chi connectivity index (χ3n) is 2.54. The predicted octanol–water partition coefficient (Wildman–Crippen LogP) is 1.44. The van der Waals surface area contributed by atoms with Crippen molar-refractivity contribution in [2.24, 2.45) is 0 Å². The maximum Gasteiger partial charge on any atom is 0.271 e. The van der Waals surface area contributed by atoms with E-state index in [4.69, 9.17) is 0 Å². The van der Waals surface area contributed by atoms with E-state index in [2.05, 4.69) is 26.2 Å². The second kappa shape index (κ2) is 6.49. The van der Waals surface area contributed by atoms with Gasteiger partial charge in [-0.3, -0.25) is 9.59 Å². The van der Waals surface area contributed by atoms with E-state index in [1.807, 2.05) is 6.92 Å². The second-order valence-corrected chi connectivity index (χ2v) is 4.74. The van der Waals surface area contributed by atoms with E-state index in [9.17, 15) is 9.59 Å². The smallest absolute Gasteiger partial charge is 0.271 e. The van der Waals surface area contributed by atoms with Gasteiger partial charge in [0.05, 0.1) is 0 Å². The average Bonchev–Trinajstić information content (AvgIpc) is 2.37. The molecule has 0 spiro atoms. The molecule has 1 aromatic heterocycles. The molecule has 0 bridgehead atoms. The molecule has 1 heterocycles. The molecule has 0 aliphatic heterocycles. The molecule has 1 rings (SSSR count). The van der Waals surface area contributed by atoms with Crippen molar-refractivity contribution in [1.82, 2.24) is 15.2 Å². The van der Waals surface area contributed by atoms with Crippen LogP contribution in [0.2, 0.25) is 0 Å². The van der Waals surface area contributed by atoms with Gasteiger partial charge in [0.25, 0.3) is 5.91 Å². The third kappa shape index (κ3) is 3.53. The first-order valence-corrected chi connectivity index (χ1v) is 6.43. The van der Waals surface area contributed by atoms with Gasteiger partial charge in [-0.15, -0.1) is 0 Å². The summed E-state index contributed by atoms with van der Waals surface area (Å²) in [6.07, 6.45) is 1.53. The van der Waals surface area contributed by atoms with Crippen LogP contribution in [-0.2, 0) is 4.79 Å². The third-order valence-corrected chi connectivity index (χ3v) is 3.18. The molecule has 0 aromatic carbocycles. The van der Waals surface area contributed by atoms with Crippen molar-refractivity contribution in [2.45, 2.75) is 19.9 Å². The minimum Gasteiger partial charge on any atom is -0.344 e. The van der Waals surface area contributed by atoms with E-state index >= 15 is 0 Å². The van der Waals surface area contributed by atoms with Crippen LogP contribution in [0, 0.1) is 0 Å². The van der Waals surface area contributed by atoms with Crippen LogP contribution >= 0.6 is 15.9 Å². The van der Waals surface area contributed by atoms with E-state index in [-0.39, 0.29) is 17.5 Å². The van der Waals surface area contributed by atoms with Gasteiger partial charge in [-0.25, -0.2) is 4.98 Å². The van der Waals surface area contributed by atoms with Gasteiger partial charge in [0, 0.05) is 24.3 Å². The molecule has 1 aromatic rings. The molecule has 0 saturated heterocycles. The van der Waals surface area contributed by atoms with Crippen LogP contribution in [0.3, 0.4) is 0 Å². The molecule has 1 atom stereocenters. The summed E-state index contributed by atoms with van der Waals surface area (Å²) < 4.78 is 0.603. The lowest BCUT2D eigenvalue weighted by molar-refractivity contribution is -0.131. The zero-order valence-electron chi connectivity index (χ0n) is 10.6. The Labute approximate surface area is 115 Å². The Bertz CT molecular complexity index is 451. The summed E-state index contributed by atoms with van der Waals surface area (Å²) in [5.41, 5.74) is 0.274. The second-order valence-electron chi connectivity index (χ2n) is 3.88. The standard InChI is InChI=1S/C12H16BrN3O2/c1-4-16(3)12(18)8(2)15-11(17)10-9(13)6-5-7-14-10/h5-8H,4H2,1-3H3,(H,15,17). The summed E-state index contributed by atoms with van der Waals surface area (Å²) in [6.45, 7) is 4.14. The molecule has 5 nitrogen and oxygen atoms in total. The number of nitrogens with zero attached hydrogens (tertiary/aromatic N) is 2. The van der Waals surface area contributed by atoms with Gasteiger partial charge in [0.15, 0.2) is 0 Å². The number of amides is 2. The Kier molecular flexibility index (Phi) is 5.27. The van der Waals surface area contributed by atoms with Crippen LogP contribution in [0.4, 0.5) is 0 Å². The summed E-state index contributed by atoms with van der Waals surface area (Å²) >= 11 is 3.25. The Balaban J connectivity index is 2.71. The molecule has 1 N–H and O–H groups in total. The van der Waals surface area contributed by atoms with Gasteiger partial charge < -0.3 is 10.2 Å². The van der Waals surface area contributed by atoms with Crippen LogP contribution in [0.15, 0.2) is 22.8 Å². The maximum absolute atomic E-state index is 11.9. The van der Waals surface area contributed by atoms with E-state index in [1.165, 1.54) is 6.20 Å². The summed E-state index contributed by atoms with van der Waals surface area (Å²) in [7, 11) is 1.70. The van der Waals surface area contributed by atoms with E-state index in [1.54, 1.807) is 31.0 Å². The molecule has 98 valence electrons. The number of pyridine rings is 1. The minimum absolute atomic E-state index is 0.127. The Hall–Kier alpha value is -1.43. The highest BCUT2D eigenvalue weighted by Gasteiger charge is 2.20. The summed E-state index contributed by atoms with van der Waals surface area (Å²) in [6, 6.07) is 2.88. The molecular formula is C12H16BrN3O2. The van der Waals surface area contributed by atoms with Crippen molar-refractivity contribution >= 4 is 27.7 Å². The maximum atomic E-state index is 11.9. The quantitative estimate of drug-likeness (QED) is 0.915. The molecule has 1 unspecified atom stereocenters. The number of aromatic nitrogens is 1. The predicted molar refractivity (Wildman–Crippen MR) is 72.2 cm³/mol. The van der Waals surface area contributed by atoms with Gasteiger partial charge in [0.2, 0.25) is 5.91 Å². The van der Waals surface area contributed by atoms with Gasteiger partial charge in [-0.05, 0) is 41.9 Å². The molecule has 0 fully saturated rings. The lowest BCUT2D eigenvalue weighted by Gasteiger charge is -2.20. The number of halogens is 1. The SMILES string of the molecule is CCN(C)C(=O)C(C)NC(=O)c1ncccc1Br. The first kappa shape index (κ1) is 14.6. The number of hydrogen-bond donors (Lipinski definition) is 1. The van der Waals surface area contributed by atoms with Gasteiger partial charge >= 0.3 is 0 Å². The number of hydrogen-bond acceptors (Lipinski definition) is 3. The van der Waals surface area contributed by atoms with E-state index < -0.39 is 6.04 Å². The van der Waals surface area contributed by atoms with Gasteiger partial charge in [-0.1, -0.05) is 0 Å². The molecule has 18 heavy (non-hydrogen) atoms. The summed E-state index contributed by atoms with van der Waals surface area (Å²) in [4.78, 5) is 29.2. The van der Waals surface area contributed by atoms with Crippen LogP contribution in [0.1, 0.15) is 24.3 Å². The molecule has 0 radical (unpaired) electrons. The molecule has 2 amide bonds. The highest BCUT2D eigenvalue weighted by Crippen LogP contribution is 2.13. The van der Waals surface area contributed by atoms with E-state index in [0.717, 1.165) is 0 Å². The molecule has 6 heteroatoms. The molecule has 0 aliphatic carbocycles. The van der Waals surface area contributed by atoms with Crippen LogP contribution in [0.25, 0.3) is 0 Å². The molecule has 0 aliphatic rings. The lowest BCUT2D eigenvalue weighted by Crippen LogP contribution is -2.45. The fourth-order valence-electron chi connectivity index (χ4n) is 1.37. The monoisotopic (exact) mass is 313 g/mol. The Morgan fingerprint density at radius 1 is 1.56 bits per heavy atom. The Morgan fingerprint density at radius 3 is 2.78 bits per heavy atom. The number of rotatable bonds is 4. The highest BCUT2D eigenvalue weighted by molar-refractivity contribution is 9.10. The van der Waals surface area contributed by atoms with E-state index in [0.29, 0.717) is 11.0 Å². The largest absolute Gasteiger partial charge is 0.344 e. The number of carbonyl (C=O) groups excluding carboxylic acids is 2. The highest BCUT2D eigenvalue weighted by atomic mass is 79.9. The summed E-state index contributed by atoms with van der Waals surface area (Å²) in [5.74, 6) is -0.495. The van der Waals surface area contributed by atoms with Crippen molar-refractivity contribution in [3.05, 3.63) is 28.5 Å². The topological polar surface area (TPSA) is 62.3 Å². The zero-order valence-corrected chi connectivity index (χ0v) is 12.2. The van der Waals surface area contributed by atoms with Crippen LogP contribution < -0.4 is 5.32 Å². The van der Waals surface area contributed by atoms with Crippen molar-refractivity contribution in [2.75, 3.05) is 13.6 Å². The van der Waals surface area contributed by atoms with Crippen molar-refractivity contribution in [3.8, 4) is 0 Å². The number of nitrogens with one attached hydrogen (secondary N) is 1. The first-order valence-electron chi connectivity index (χ1n) is 5.63.